The Bertz CT molecular complexity index is 4090. The van der Waals surface area contributed by atoms with Crippen molar-refractivity contribution in [3.05, 3.63) is 193 Å². The van der Waals surface area contributed by atoms with E-state index in [4.69, 9.17) is 9.97 Å². The van der Waals surface area contributed by atoms with Crippen LogP contribution in [0.25, 0.3) is 43.5 Å². The molecule has 8 heterocycles. The summed E-state index contributed by atoms with van der Waals surface area (Å²) in [5, 5.41) is 11.4. The standard InChI is InChI=1S/C60H42N4O4S4Si2/c1-33-8-4-5-9-46(33)63(53-15-12-38(71-53)28-44-55(65)40-24-35-17-20-69-50(35)30-42(40)57(44)67)47-14-11-34(27-52(47)73-22-7-23-73)37-26-49-60(62-32-37)74(2,3)59-48(10-6-19-61-59)64(49)54-16-13-39(72-54)29-45-56(66)41-25-36-18-21-70-51(36)31-43(41)58(45)68/h4-6,8-21,24-32,73H,7,22-23H2,1-3H3/b44-28+,45-29+. The van der Waals surface area contributed by atoms with Crippen molar-refractivity contribution in [2.75, 3.05) is 9.80 Å². The zero-order valence-electron chi connectivity index (χ0n) is 40.3. The number of benzene rings is 4. The highest BCUT2D eigenvalue weighted by molar-refractivity contribution is 7.18. The third-order valence-electron chi connectivity index (χ3n) is 15.2. The van der Waals surface area contributed by atoms with Crippen LogP contribution in [0.1, 0.15) is 63.2 Å². The molecular formula is C60H42N4O4S4Si2. The molecule has 0 spiro atoms. The van der Waals surface area contributed by atoms with Crippen LogP contribution in [0.5, 0.6) is 0 Å². The number of anilines is 6. The van der Waals surface area contributed by atoms with Crippen molar-refractivity contribution in [2.45, 2.75) is 38.5 Å². The summed E-state index contributed by atoms with van der Waals surface area (Å²) in [7, 11) is -3.77. The van der Waals surface area contributed by atoms with E-state index in [1.54, 1.807) is 57.5 Å². The molecule has 2 aliphatic heterocycles. The molecule has 0 saturated carbocycles. The summed E-state index contributed by atoms with van der Waals surface area (Å²) in [6, 6.07) is 43.9. The van der Waals surface area contributed by atoms with Gasteiger partial charge < -0.3 is 4.90 Å². The molecule has 2 aliphatic carbocycles. The maximum Gasteiger partial charge on any atom is 0.197 e. The number of carbonyl (C=O) groups is 4. The number of fused-ring (bicyclic) bond motifs is 6. The van der Waals surface area contributed by atoms with Gasteiger partial charge in [0.2, 0.25) is 0 Å². The summed E-state index contributed by atoms with van der Waals surface area (Å²) in [6.07, 6.45) is 8.67. The molecule has 4 aromatic carbocycles. The Morgan fingerprint density at radius 2 is 1.24 bits per heavy atom. The van der Waals surface area contributed by atoms with E-state index in [1.807, 2.05) is 77.8 Å². The highest BCUT2D eigenvalue weighted by Gasteiger charge is 2.43. The number of hydrogen-bond acceptors (Lipinski definition) is 12. The molecule has 74 heavy (non-hydrogen) atoms. The van der Waals surface area contributed by atoms with Gasteiger partial charge >= 0.3 is 0 Å². The number of para-hydroxylation sites is 1. The Kier molecular flexibility index (Phi) is 10.5. The normalized spacial score (nSPS) is 16.9. The van der Waals surface area contributed by atoms with Crippen LogP contribution in [0.4, 0.5) is 32.8 Å². The second-order valence-electron chi connectivity index (χ2n) is 19.9. The molecule has 10 aromatic rings. The van der Waals surface area contributed by atoms with E-state index in [-0.39, 0.29) is 34.3 Å². The minimum atomic E-state index is -2.39. The lowest BCUT2D eigenvalue weighted by atomic mass is 10.1. The van der Waals surface area contributed by atoms with Crippen molar-refractivity contribution < 1.29 is 19.2 Å². The average molecular weight is 1070 g/mol. The fourth-order valence-electron chi connectivity index (χ4n) is 11.2. The minimum Gasteiger partial charge on any atom is -0.302 e. The molecule has 8 nitrogen and oxygen atoms in total. The van der Waals surface area contributed by atoms with Crippen LogP contribution in [0.2, 0.25) is 25.2 Å². The lowest BCUT2D eigenvalue weighted by Crippen LogP contribution is -2.60. The molecule has 0 N–H and O–H groups in total. The van der Waals surface area contributed by atoms with Crippen LogP contribution in [0, 0.1) is 6.92 Å². The Balaban J connectivity index is 0.843. The van der Waals surface area contributed by atoms with Crippen LogP contribution in [-0.4, -0.2) is 50.0 Å². The second-order valence-corrected chi connectivity index (χ2v) is 31.4. The summed E-state index contributed by atoms with van der Waals surface area (Å²) >= 11 is 6.27. The smallest absolute Gasteiger partial charge is 0.197 e. The van der Waals surface area contributed by atoms with Gasteiger partial charge in [-0.2, -0.15) is 0 Å². The lowest BCUT2D eigenvalue weighted by molar-refractivity contribution is 0.0975. The quantitative estimate of drug-likeness (QED) is 0.0843. The molecule has 0 atom stereocenters. The summed E-state index contributed by atoms with van der Waals surface area (Å²) in [5.41, 5.74) is 9.83. The van der Waals surface area contributed by atoms with Crippen molar-refractivity contribution in [2.24, 2.45) is 0 Å². The van der Waals surface area contributed by atoms with E-state index in [9.17, 15) is 19.2 Å². The van der Waals surface area contributed by atoms with E-state index >= 15 is 0 Å². The summed E-state index contributed by atoms with van der Waals surface area (Å²) < 4.78 is 2.00. The van der Waals surface area contributed by atoms with Gasteiger partial charge in [-0.05, 0) is 148 Å². The van der Waals surface area contributed by atoms with Gasteiger partial charge in [0, 0.05) is 70.7 Å². The number of thiophene rings is 4. The van der Waals surface area contributed by atoms with E-state index in [2.05, 4.69) is 96.5 Å². The van der Waals surface area contributed by atoms with Gasteiger partial charge in [0.25, 0.3) is 0 Å². The average Bonchev–Trinajstić information content (AvgIpc) is 4.28. The number of hydrogen-bond donors (Lipinski definition) is 0. The number of aryl methyl sites for hydroxylation is 1. The van der Waals surface area contributed by atoms with Gasteiger partial charge in [-0.15, -0.1) is 45.3 Å². The van der Waals surface area contributed by atoms with Gasteiger partial charge in [-0.3, -0.25) is 34.0 Å². The lowest BCUT2D eigenvalue weighted by Gasteiger charge is -2.38. The maximum absolute atomic E-state index is 13.8. The Hall–Kier alpha value is -7.31. The summed E-state index contributed by atoms with van der Waals surface area (Å²) in [5.74, 6) is -0.900. The van der Waals surface area contributed by atoms with Gasteiger partial charge in [0.05, 0.1) is 42.0 Å². The number of allylic oxidation sites excluding steroid dienone is 2. The van der Waals surface area contributed by atoms with E-state index in [0.29, 0.717) is 22.3 Å². The van der Waals surface area contributed by atoms with Gasteiger partial charge in [0.1, 0.15) is 10.0 Å². The molecule has 0 radical (unpaired) electrons. The number of pyridine rings is 2. The highest BCUT2D eigenvalue weighted by atomic mass is 32.1. The molecule has 1 saturated heterocycles. The fourth-order valence-corrected chi connectivity index (χ4v) is 19.9. The van der Waals surface area contributed by atoms with Crippen LogP contribution in [0.3, 0.4) is 0 Å². The molecule has 1 fully saturated rings. The Labute approximate surface area is 444 Å². The van der Waals surface area contributed by atoms with Crippen molar-refractivity contribution in [3.63, 3.8) is 0 Å². The van der Waals surface area contributed by atoms with Crippen LogP contribution in [-0.2, 0) is 0 Å². The zero-order chi connectivity index (χ0) is 50.1. The largest absolute Gasteiger partial charge is 0.302 e. The van der Waals surface area contributed by atoms with Gasteiger partial charge in [-0.25, -0.2) is 0 Å². The van der Waals surface area contributed by atoms with E-state index in [1.165, 1.54) is 23.7 Å². The van der Waals surface area contributed by atoms with Crippen molar-refractivity contribution in [1.82, 2.24) is 9.97 Å². The number of ketones is 4. The first kappa shape index (κ1) is 45.3. The topological polar surface area (TPSA) is 101 Å². The summed E-state index contributed by atoms with van der Waals surface area (Å²) in [6.45, 7) is 6.78. The molecule has 14 heteroatoms. The third-order valence-corrected chi connectivity index (χ3v) is 25.7. The number of rotatable bonds is 8. The van der Waals surface area contributed by atoms with Crippen molar-refractivity contribution in [1.29, 1.82) is 0 Å². The van der Waals surface area contributed by atoms with Crippen LogP contribution < -0.4 is 25.6 Å². The molecule has 14 rings (SSSR count). The predicted octanol–water partition coefficient (Wildman–Crippen LogP) is 13.8. The molecule has 4 aliphatic rings. The Morgan fingerprint density at radius 3 is 1.91 bits per heavy atom. The van der Waals surface area contributed by atoms with Gasteiger partial charge in [-0.1, -0.05) is 61.9 Å². The maximum atomic E-state index is 13.8. The molecular weight excluding hydrogens is 1030 g/mol. The van der Waals surface area contributed by atoms with Crippen molar-refractivity contribution >= 4 is 166 Å². The number of nitrogens with zero attached hydrogens (tertiary/aromatic N) is 4. The SMILES string of the molecule is Cc1ccccc1N(c1ccc(/C=C2\C(=O)c3cc4ccsc4cc3C2=O)s1)c1ccc(-c2cnc3c(c2)N(c2ccc(/C=C4\C(=O)c5cc6ccsc6cc5C4=O)s2)c2cccnc2[Si]3(C)C)cc1[SiH]1CCC1. The highest BCUT2D eigenvalue weighted by Crippen LogP contribution is 2.46. The monoisotopic (exact) mass is 1070 g/mol. The van der Waals surface area contributed by atoms with Crippen LogP contribution in [0.15, 0.2) is 156 Å². The Morgan fingerprint density at radius 1 is 0.608 bits per heavy atom. The summed E-state index contributed by atoms with van der Waals surface area (Å²) in [4.78, 5) is 71.8. The molecule has 0 amide bonds. The van der Waals surface area contributed by atoms with Crippen LogP contribution >= 0.6 is 45.3 Å². The third kappa shape index (κ3) is 7.07. The van der Waals surface area contributed by atoms with E-state index < -0.39 is 16.9 Å². The van der Waals surface area contributed by atoms with E-state index in [0.717, 1.165) is 90.0 Å². The van der Waals surface area contributed by atoms with Gasteiger partial charge in [0.15, 0.2) is 31.2 Å². The van der Waals surface area contributed by atoms with Crippen molar-refractivity contribution in [3.8, 4) is 11.1 Å². The predicted molar refractivity (Wildman–Crippen MR) is 312 cm³/mol. The first-order chi connectivity index (χ1) is 36.0. The minimum absolute atomic E-state index is 0.194. The first-order valence-electron chi connectivity index (χ1n) is 24.6. The number of aromatic nitrogens is 2. The molecule has 358 valence electrons. The molecule has 0 unspecified atom stereocenters. The number of Topliss-reactive ketones (excluding diaryl/α,β-unsaturated/α-hetero) is 4. The second kappa shape index (κ2) is 17.1. The molecule has 0 bridgehead atoms. The molecule has 6 aromatic heterocycles. The zero-order valence-corrected chi connectivity index (χ0v) is 45.7. The number of carbonyl (C=O) groups excluding carboxylic acids is 4. The fraction of sp³-hybridized carbons (Fsp3) is 0.100. The first-order valence-corrected chi connectivity index (χ1v) is 33.2.